The van der Waals surface area contributed by atoms with Crippen molar-refractivity contribution < 1.29 is 4.74 Å². The van der Waals surface area contributed by atoms with Crippen LogP contribution in [0.4, 0.5) is 11.5 Å². The number of aryl methyl sites for hydroxylation is 2. The number of halogens is 1. The van der Waals surface area contributed by atoms with Gasteiger partial charge >= 0.3 is 0 Å². The average Bonchev–Trinajstić information content (AvgIpc) is 3.26. The molecular weight excluding hydrogens is 374 g/mol. The Morgan fingerprint density at radius 1 is 1.25 bits per heavy atom. The predicted molar refractivity (Wildman–Crippen MR) is 113 cm³/mol. The van der Waals surface area contributed by atoms with Crippen molar-refractivity contribution >= 4 is 34.1 Å². The second-order valence-corrected chi connectivity index (χ2v) is 7.90. The van der Waals surface area contributed by atoms with Gasteiger partial charge in [-0.05, 0) is 56.4 Å². The van der Waals surface area contributed by atoms with E-state index < -0.39 is 0 Å². The van der Waals surface area contributed by atoms with Crippen molar-refractivity contribution in [2.45, 2.75) is 46.1 Å². The smallest absolute Gasteiger partial charge is 0.163 e. The summed E-state index contributed by atoms with van der Waals surface area (Å²) in [6.45, 7) is 7.81. The molecule has 1 unspecified atom stereocenters. The number of benzene rings is 1. The quantitative estimate of drug-likeness (QED) is 0.597. The zero-order chi connectivity index (χ0) is 19.8. The van der Waals surface area contributed by atoms with Gasteiger partial charge in [0.1, 0.15) is 0 Å². The SMILES string of the molecule is CCC(CCOC)n1nnc2c(N3CCc4cc(C)cc(Cl)c43)nc(C)cc21. The lowest BCUT2D eigenvalue weighted by Gasteiger charge is -2.21. The normalized spacial score (nSPS) is 14.7. The van der Waals surface area contributed by atoms with E-state index in [1.165, 1.54) is 11.1 Å². The van der Waals surface area contributed by atoms with Gasteiger partial charge in [0.15, 0.2) is 11.3 Å². The molecule has 2 aromatic heterocycles. The second kappa shape index (κ2) is 7.68. The first-order valence-electron chi connectivity index (χ1n) is 9.81. The third-order valence-corrected chi connectivity index (χ3v) is 5.75. The topological polar surface area (TPSA) is 56.1 Å². The van der Waals surface area contributed by atoms with Gasteiger partial charge in [-0.25, -0.2) is 9.67 Å². The maximum atomic E-state index is 6.62. The number of hydrogen-bond donors (Lipinski definition) is 0. The third-order valence-electron chi connectivity index (χ3n) is 5.46. The maximum Gasteiger partial charge on any atom is 0.163 e. The molecular formula is C21H26ClN5O. The molecule has 0 saturated heterocycles. The van der Waals surface area contributed by atoms with Crippen LogP contribution in [-0.4, -0.2) is 40.2 Å². The van der Waals surface area contributed by atoms with E-state index in [1.54, 1.807) is 7.11 Å². The van der Waals surface area contributed by atoms with Gasteiger partial charge in [-0.15, -0.1) is 5.10 Å². The Bertz CT molecular complexity index is 1020. The number of fused-ring (bicyclic) bond motifs is 2. The van der Waals surface area contributed by atoms with Gasteiger partial charge in [-0.2, -0.15) is 0 Å². The van der Waals surface area contributed by atoms with E-state index in [1.807, 2.05) is 17.7 Å². The highest BCUT2D eigenvalue weighted by molar-refractivity contribution is 6.33. The van der Waals surface area contributed by atoms with Crippen molar-refractivity contribution in [1.29, 1.82) is 0 Å². The predicted octanol–water partition coefficient (Wildman–Crippen LogP) is 4.78. The number of ether oxygens (including phenoxy) is 1. The van der Waals surface area contributed by atoms with E-state index in [0.29, 0.717) is 6.61 Å². The first kappa shape index (κ1) is 19.2. The Morgan fingerprint density at radius 2 is 2.07 bits per heavy atom. The molecule has 0 N–H and O–H groups in total. The van der Waals surface area contributed by atoms with Crippen molar-refractivity contribution in [3.63, 3.8) is 0 Å². The fourth-order valence-corrected chi connectivity index (χ4v) is 4.51. The maximum absolute atomic E-state index is 6.62. The lowest BCUT2D eigenvalue weighted by atomic mass is 10.1. The molecule has 3 heterocycles. The first-order chi connectivity index (χ1) is 13.5. The zero-order valence-corrected chi connectivity index (χ0v) is 17.6. The minimum absolute atomic E-state index is 0.247. The van der Waals surface area contributed by atoms with Crippen LogP contribution >= 0.6 is 11.6 Å². The molecule has 1 aliphatic heterocycles. The van der Waals surface area contributed by atoms with Crippen molar-refractivity contribution in [2.75, 3.05) is 25.2 Å². The standard InChI is InChI=1S/C21H26ClN5O/c1-5-16(7-9-28-4)27-18-12-14(3)23-21(19(18)24-25-27)26-8-6-15-10-13(2)11-17(22)20(15)26/h10-12,16H,5-9H2,1-4H3. The first-order valence-corrected chi connectivity index (χ1v) is 10.2. The van der Waals surface area contributed by atoms with E-state index in [9.17, 15) is 0 Å². The highest BCUT2D eigenvalue weighted by atomic mass is 35.5. The molecule has 0 radical (unpaired) electrons. The van der Waals surface area contributed by atoms with E-state index in [0.717, 1.165) is 59.1 Å². The molecule has 28 heavy (non-hydrogen) atoms. The fourth-order valence-electron chi connectivity index (χ4n) is 4.11. The van der Waals surface area contributed by atoms with Crippen molar-refractivity contribution in [3.05, 3.63) is 40.0 Å². The summed E-state index contributed by atoms with van der Waals surface area (Å²) in [4.78, 5) is 7.03. The molecule has 148 valence electrons. The summed E-state index contributed by atoms with van der Waals surface area (Å²) < 4.78 is 7.31. The van der Waals surface area contributed by atoms with Gasteiger partial charge in [0.2, 0.25) is 0 Å². The van der Waals surface area contributed by atoms with Gasteiger partial charge in [-0.1, -0.05) is 29.8 Å². The van der Waals surface area contributed by atoms with E-state index in [4.69, 9.17) is 21.3 Å². The molecule has 7 heteroatoms. The molecule has 3 aromatic rings. The highest BCUT2D eigenvalue weighted by Crippen LogP contribution is 2.42. The van der Waals surface area contributed by atoms with Gasteiger partial charge in [0.05, 0.1) is 22.3 Å². The minimum atomic E-state index is 0.247. The van der Waals surface area contributed by atoms with Crippen LogP contribution < -0.4 is 4.90 Å². The number of rotatable bonds is 6. The minimum Gasteiger partial charge on any atom is -0.385 e. The summed E-state index contributed by atoms with van der Waals surface area (Å²) >= 11 is 6.62. The molecule has 0 amide bonds. The van der Waals surface area contributed by atoms with Crippen LogP contribution in [0.25, 0.3) is 11.0 Å². The molecule has 1 aliphatic rings. The lowest BCUT2D eigenvalue weighted by Crippen LogP contribution is -2.16. The second-order valence-electron chi connectivity index (χ2n) is 7.49. The summed E-state index contributed by atoms with van der Waals surface area (Å²) in [5.41, 5.74) is 6.29. The number of methoxy groups -OCH3 is 1. The van der Waals surface area contributed by atoms with Gasteiger partial charge in [0, 0.05) is 26.0 Å². The molecule has 1 atom stereocenters. The molecule has 0 aliphatic carbocycles. The Labute approximate surface area is 170 Å². The summed E-state index contributed by atoms with van der Waals surface area (Å²) in [5.74, 6) is 0.840. The number of hydrogen-bond acceptors (Lipinski definition) is 5. The molecule has 6 nitrogen and oxygen atoms in total. The lowest BCUT2D eigenvalue weighted by molar-refractivity contribution is 0.175. The molecule has 0 fully saturated rings. The van der Waals surface area contributed by atoms with Gasteiger partial charge in [0.25, 0.3) is 0 Å². The third kappa shape index (κ3) is 3.25. The Morgan fingerprint density at radius 3 is 2.82 bits per heavy atom. The van der Waals surface area contributed by atoms with Crippen LogP contribution in [0.3, 0.4) is 0 Å². The summed E-state index contributed by atoms with van der Waals surface area (Å²) in [5, 5.41) is 9.79. The summed E-state index contributed by atoms with van der Waals surface area (Å²) in [6.07, 6.45) is 2.82. The Hall–Kier alpha value is -2.18. The van der Waals surface area contributed by atoms with Crippen molar-refractivity contribution in [1.82, 2.24) is 20.0 Å². The largest absolute Gasteiger partial charge is 0.385 e. The van der Waals surface area contributed by atoms with Crippen LogP contribution in [0, 0.1) is 13.8 Å². The van der Waals surface area contributed by atoms with Crippen molar-refractivity contribution in [2.24, 2.45) is 0 Å². The van der Waals surface area contributed by atoms with Crippen LogP contribution in [0.15, 0.2) is 18.2 Å². The monoisotopic (exact) mass is 399 g/mol. The molecule has 4 rings (SSSR count). The molecule has 1 aromatic carbocycles. The van der Waals surface area contributed by atoms with E-state index in [2.05, 4.69) is 41.2 Å². The van der Waals surface area contributed by atoms with Crippen LogP contribution in [0.5, 0.6) is 0 Å². The van der Waals surface area contributed by atoms with Crippen LogP contribution in [-0.2, 0) is 11.2 Å². The number of aromatic nitrogens is 4. The van der Waals surface area contributed by atoms with Crippen LogP contribution in [0.1, 0.15) is 42.6 Å². The zero-order valence-electron chi connectivity index (χ0n) is 16.9. The fraction of sp³-hybridized carbons (Fsp3) is 0.476. The molecule has 0 bridgehead atoms. The highest BCUT2D eigenvalue weighted by Gasteiger charge is 2.28. The van der Waals surface area contributed by atoms with Gasteiger partial charge in [-0.3, -0.25) is 0 Å². The van der Waals surface area contributed by atoms with E-state index >= 15 is 0 Å². The number of nitrogens with zero attached hydrogens (tertiary/aromatic N) is 5. The van der Waals surface area contributed by atoms with Crippen molar-refractivity contribution in [3.8, 4) is 0 Å². The number of pyridine rings is 1. The number of anilines is 2. The summed E-state index contributed by atoms with van der Waals surface area (Å²) in [6, 6.07) is 6.54. The Kier molecular flexibility index (Phi) is 5.25. The van der Waals surface area contributed by atoms with Gasteiger partial charge < -0.3 is 9.64 Å². The van der Waals surface area contributed by atoms with E-state index in [-0.39, 0.29) is 6.04 Å². The molecule has 0 spiro atoms. The Balaban J connectivity index is 1.83. The van der Waals surface area contributed by atoms with Crippen LogP contribution in [0.2, 0.25) is 5.02 Å². The average molecular weight is 400 g/mol. The molecule has 0 saturated carbocycles. The summed E-state index contributed by atoms with van der Waals surface area (Å²) in [7, 11) is 1.73.